The first-order valence-corrected chi connectivity index (χ1v) is 15.1. The van der Waals surface area contributed by atoms with E-state index in [0.29, 0.717) is 65.0 Å². The molecule has 0 atom stereocenters. The fourth-order valence-corrected chi connectivity index (χ4v) is 6.55. The predicted octanol–water partition coefficient (Wildman–Crippen LogP) is 4.35. The molecule has 10 nitrogen and oxygen atoms in total. The maximum absolute atomic E-state index is 13.3. The van der Waals surface area contributed by atoms with Crippen LogP contribution in [0.25, 0.3) is 17.1 Å². The van der Waals surface area contributed by atoms with Crippen molar-refractivity contribution in [1.29, 1.82) is 0 Å². The first kappa shape index (κ1) is 28.1. The number of hydrogen-bond donors (Lipinski definition) is 1. The lowest BCUT2D eigenvalue weighted by Gasteiger charge is -2.26. The van der Waals surface area contributed by atoms with Gasteiger partial charge in [-0.2, -0.15) is 4.31 Å². The molecular formula is C27H26ClN5O5S2. The second-order valence-electron chi connectivity index (χ2n) is 8.73. The standard InChI is InChI=1S/C27H26ClN5O5S2/c1-37-23-9-4-7-21(17-23)29-25(34)18-39-27-31-30-26(33(27)22-8-3-6-20(28)16-22)19-5-2-10-24(15-19)40(35,36)32-11-13-38-14-12-32/h2-10,15-17H,11-14,18H2,1H3,(H,29,34). The van der Waals surface area contributed by atoms with Gasteiger partial charge in [-0.25, -0.2) is 8.42 Å². The molecule has 1 aliphatic rings. The summed E-state index contributed by atoms with van der Waals surface area (Å²) in [4.78, 5) is 12.9. The van der Waals surface area contributed by atoms with Crippen LogP contribution in [-0.2, 0) is 19.6 Å². The normalized spacial score (nSPS) is 14.2. The van der Waals surface area contributed by atoms with Crippen LogP contribution < -0.4 is 10.1 Å². The van der Waals surface area contributed by atoms with Gasteiger partial charge in [0.1, 0.15) is 5.75 Å². The SMILES string of the molecule is COc1cccc(NC(=O)CSc2nnc(-c3cccc(S(=O)(=O)N4CCOCC4)c3)n2-c2cccc(Cl)c2)c1. The lowest BCUT2D eigenvalue weighted by molar-refractivity contribution is -0.113. The van der Waals surface area contributed by atoms with Crippen molar-refractivity contribution in [2.75, 3.05) is 44.5 Å². The molecule has 3 aromatic carbocycles. The number of amides is 1. The average molecular weight is 600 g/mol. The molecule has 0 aliphatic carbocycles. The molecule has 1 aliphatic heterocycles. The van der Waals surface area contributed by atoms with Crippen LogP contribution in [0.5, 0.6) is 5.75 Å². The molecule has 1 N–H and O–H groups in total. The highest BCUT2D eigenvalue weighted by molar-refractivity contribution is 7.99. The van der Waals surface area contributed by atoms with Crippen molar-refractivity contribution in [3.63, 3.8) is 0 Å². The molecule has 0 saturated carbocycles. The molecule has 40 heavy (non-hydrogen) atoms. The minimum absolute atomic E-state index is 0.0569. The average Bonchev–Trinajstić information content (AvgIpc) is 3.41. The molecule has 0 unspecified atom stereocenters. The summed E-state index contributed by atoms with van der Waals surface area (Å²) in [7, 11) is -2.16. The zero-order valence-electron chi connectivity index (χ0n) is 21.5. The maximum atomic E-state index is 13.3. The van der Waals surface area contributed by atoms with E-state index in [1.54, 1.807) is 78.4 Å². The van der Waals surface area contributed by atoms with Gasteiger partial charge in [-0.15, -0.1) is 10.2 Å². The van der Waals surface area contributed by atoms with E-state index in [-0.39, 0.29) is 16.6 Å². The summed E-state index contributed by atoms with van der Waals surface area (Å²) in [6.07, 6.45) is 0. The number of morpholine rings is 1. The number of carbonyl (C=O) groups excluding carboxylic acids is 1. The number of carbonyl (C=O) groups is 1. The van der Waals surface area contributed by atoms with Gasteiger partial charge in [-0.05, 0) is 42.5 Å². The van der Waals surface area contributed by atoms with E-state index in [1.165, 1.54) is 16.1 Å². The number of nitrogens with one attached hydrogen (secondary N) is 1. The van der Waals surface area contributed by atoms with Gasteiger partial charge >= 0.3 is 0 Å². The number of anilines is 1. The highest BCUT2D eigenvalue weighted by Gasteiger charge is 2.27. The molecule has 1 fully saturated rings. The second-order valence-corrected chi connectivity index (χ2v) is 12.1. The van der Waals surface area contributed by atoms with Crippen LogP contribution in [0.2, 0.25) is 5.02 Å². The third-order valence-electron chi connectivity index (χ3n) is 6.09. The van der Waals surface area contributed by atoms with Crippen molar-refractivity contribution in [3.8, 4) is 22.8 Å². The number of benzene rings is 3. The highest BCUT2D eigenvalue weighted by Crippen LogP contribution is 2.31. The van der Waals surface area contributed by atoms with Gasteiger partial charge in [-0.1, -0.05) is 47.6 Å². The van der Waals surface area contributed by atoms with E-state index in [4.69, 9.17) is 21.1 Å². The molecule has 5 rings (SSSR count). The fourth-order valence-electron chi connectivity index (χ4n) is 4.16. The summed E-state index contributed by atoms with van der Waals surface area (Å²) < 4.78 is 40.3. The number of halogens is 1. The largest absolute Gasteiger partial charge is 0.497 e. The van der Waals surface area contributed by atoms with Crippen molar-refractivity contribution in [2.24, 2.45) is 0 Å². The number of aromatic nitrogens is 3. The molecule has 2 heterocycles. The molecule has 208 valence electrons. The van der Waals surface area contributed by atoms with Crippen molar-refractivity contribution in [1.82, 2.24) is 19.1 Å². The van der Waals surface area contributed by atoms with Gasteiger partial charge in [0.25, 0.3) is 0 Å². The van der Waals surface area contributed by atoms with E-state index in [0.717, 1.165) is 0 Å². The molecule has 0 bridgehead atoms. The number of methoxy groups -OCH3 is 1. The van der Waals surface area contributed by atoms with Gasteiger partial charge in [-0.3, -0.25) is 9.36 Å². The monoisotopic (exact) mass is 599 g/mol. The Labute approximate surface area is 241 Å². The minimum Gasteiger partial charge on any atom is -0.497 e. The van der Waals surface area contributed by atoms with Crippen LogP contribution in [0.3, 0.4) is 0 Å². The molecule has 1 aromatic heterocycles. The zero-order chi connectivity index (χ0) is 28.1. The van der Waals surface area contributed by atoms with Gasteiger partial charge in [0.05, 0.1) is 36.7 Å². The van der Waals surface area contributed by atoms with Gasteiger partial charge in [0.15, 0.2) is 11.0 Å². The van der Waals surface area contributed by atoms with Crippen LogP contribution >= 0.6 is 23.4 Å². The number of thioether (sulfide) groups is 1. The number of sulfonamides is 1. The smallest absolute Gasteiger partial charge is 0.243 e. The Balaban J connectivity index is 1.44. The molecule has 1 amide bonds. The maximum Gasteiger partial charge on any atom is 0.243 e. The number of nitrogens with zero attached hydrogens (tertiary/aromatic N) is 4. The zero-order valence-corrected chi connectivity index (χ0v) is 23.9. The summed E-state index contributed by atoms with van der Waals surface area (Å²) >= 11 is 7.49. The topological polar surface area (TPSA) is 116 Å². The van der Waals surface area contributed by atoms with Crippen LogP contribution in [0.4, 0.5) is 5.69 Å². The molecular weight excluding hydrogens is 574 g/mol. The fraction of sp³-hybridized carbons (Fsp3) is 0.222. The van der Waals surface area contributed by atoms with E-state index < -0.39 is 10.0 Å². The Bertz CT molecular complexity index is 1620. The van der Waals surface area contributed by atoms with Gasteiger partial charge in [0.2, 0.25) is 15.9 Å². The molecule has 0 radical (unpaired) electrons. The van der Waals surface area contributed by atoms with E-state index in [9.17, 15) is 13.2 Å². The van der Waals surface area contributed by atoms with Crippen LogP contribution in [-0.4, -0.2) is 72.6 Å². The first-order chi connectivity index (χ1) is 19.3. The lowest BCUT2D eigenvalue weighted by atomic mass is 10.2. The molecule has 13 heteroatoms. The summed E-state index contributed by atoms with van der Waals surface area (Å²) in [5.74, 6) is 0.867. The Morgan fingerprint density at radius 1 is 1.05 bits per heavy atom. The third kappa shape index (κ3) is 6.31. The number of ether oxygens (including phenoxy) is 2. The molecule has 0 spiro atoms. The van der Waals surface area contributed by atoms with Crippen LogP contribution in [0, 0.1) is 0 Å². The predicted molar refractivity (Wildman–Crippen MR) is 154 cm³/mol. The Hall–Kier alpha value is -3.42. The van der Waals surface area contributed by atoms with Crippen molar-refractivity contribution in [3.05, 3.63) is 77.8 Å². The Morgan fingerprint density at radius 2 is 1.82 bits per heavy atom. The van der Waals surface area contributed by atoms with Gasteiger partial charge in [0, 0.05) is 35.4 Å². The first-order valence-electron chi connectivity index (χ1n) is 12.3. The van der Waals surface area contributed by atoms with Crippen molar-refractivity contribution < 1.29 is 22.7 Å². The van der Waals surface area contributed by atoms with Crippen molar-refractivity contribution in [2.45, 2.75) is 10.1 Å². The summed E-state index contributed by atoms with van der Waals surface area (Å²) in [5, 5.41) is 12.5. The van der Waals surface area contributed by atoms with E-state index in [2.05, 4.69) is 15.5 Å². The van der Waals surface area contributed by atoms with Gasteiger partial charge < -0.3 is 14.8 Å². The Kier molecular flexibility index (Phi) is 8.72. The number of rotatable bonds is 9. The molecule has 4 aromatic rings. The van der Waals surface area contributed by atoms with E-state index >= 15 is 0 Å². The van der Waals surface area contributed by atoms with Crippen molar-refractivity contribution >= 4 is 45.0 Å². The highest BCUT2D eigenvalue weighted by atomic mass is 35.5. The third-order valence-corrected chi connectivity index (χ3v) is 9.14. The van der Waals surface area contributed by atoms with Crippen LogP contribution in [0.15, 0.2) is 82.8 Å². The second kappa shape index (κ2) is 12.4. The minimum atomic E-state index is -3.72. The van der Waals surface area contributed by atoms with E-state index in [1.807, 2.05) is 6.07 Å². The lowest BCUT2D eigenvalue weighted by Crippen LogP contribution is -2.40. The Morgan fingerprint density at radius 3 is 2.60 bits per heavy atom. The quantitative estimate of drug-likeness (QED) is 0.282. The summed E-state index contributed by atoms with van der Waals surface area (Å²) in [6, 6.07) is 20.8. The van der Waals surface area contributed by atoms with Crippen LogP contribution in [0.1, 0.15) is 0 Å². The summed E-state index contributed by atoms with van der Waals surface area (Å²) in [5.41, 5.74) is 1.83. The number of hydrogen-bond acceptors (Lipinski definition) is 8. The summed E-state index contributed by atoms with van der Waals surface area (Å²) in [6.45, 7) is 1.30. The molecule has 1 saturated heterocycles.